The fourth-order valence-electron chi connectivity index (χ4n) is 3.30. The van der Waals surface area contributed by atoms with E-state index in [-0.39, 0.29) is 11.8 Å². The monoisotopic (exact) mass is 296 g/mol. The lowest BCUT2D eigenvalue weighted by molar-refractivity contribution is -0.136. The lowest BCUT2D eigenvalue weighted by Gasteiger charge is -2.34. The summed E-state index contributed by atoms with van der Waals surface area (Å²) in [5.41, 5.74) is 0. The van der Waals surface area contributed by atoms with E-state index >= 15 is 0 Å². The van der Waals surface area contributed by atoms with Crippen molar-refractivity contribution in [2.45, 2.75) is 44.9 Å². The van der Waals surface area contributed by atoms with Crippen molar-refractivity contribution < 1.29 is 14.3 Å². The van der Waals surface area contributed by atoms with Crippen LogP contribution < -0.4 is 0 Å². The van der Waals surface area contributed by atoms with Crippen LogP contribution in [-0.2, 0) is 14.3 Å². The highest BCUT2D eigenvalue weighted by Gasteiger charge is 2.24. The Balaban J connectivity index is 1.73. The van der Waals surface area contributed by atoms with Gasteiger partial charge in [-0.3, -0.25) is 9.59 Å². The summed E-state index contributed by atoms with van der Waals surface area (Å²) in [4.78, 5) is 27.9. The molecule has 0 aliphatic carbocycles. The van der Waals surface area contributed by atoms with Crippen LogP contribution in [0.15, 0.2) is 0 Å². The summed E-state index contributed by atoms with van der Waals surface area (Å²) >= 11 is 0. The second-order valence-electron chi connectivity index (χ2n) is 6.22. The van der Waals surface area contributed by atoms with E-state index in [9.17, 15) is 9.59 Å². The summed E-state index contributed by atoms with van der Waals surface area (Å²) < 4.78 is 5.13. The van der Waals surface area contributed by atoms with E-state index in [0.717, 1.165) is 51.9 Å². The molecule has 5 heteroatoms. The fourth-order valence-corrected chi connectivity index (χ4v) is 3.30. The maximum atomic E-state index is 12.3. The van der Waals surface area contributed by atoms with Crippen LogP contribution in [-0.4, -0.2) is 61.5 Å². The van der Waals surface area contributed by atoms with Crippen molar-refractivity contribution in [3.63, 3.8) is 0 Å². The highest BCUT2D eigenvalue weighted by atomic mass is 16.5. The molecule has 2 saturated heterocycles. The molecule has 2 fully saturated rings. The van der Waals surface area contributed by atoms with Gasteiger partial charge in [0.05, 0.1) is 0 Å². The Hall–Kier alpha value is -1.10. The van der Waals surface area contributed by atoms with Crippen LogP contribution in [0.5, 0.6) is 0 Å². The number of carbonyl (C=O) groups excluding carboxylic acids is 2. The zero-order valence-corrected chi connectivity index (χ0v) is 13.2. The SMILES string of the molecule is COCC[C@@H]1CCCN(C(=O)CCN2CCCCC2=O)C1. The second kappa shape index (κ2) is 8.37. The summed E-state index contributed by atoms with van der Waals surface area (Å²) in [6.07, 6.45) is 6.50. The van der Waals surface area contributed by atoms with Gasteiger partial charge in [0.25, 0.3) is 0 Å². The van der Waals surface area contributed by atoms with Gasteiger partial charge in [0.2, 0.25) is 11.8 Å². The van der Waals surface area contributed by atoms with E-state index in [1.165, 1.54) is 6.42 Å². The van der Waals surface area contributed by atoms with Gasteiger partial charge in [-0.15, -0.1) is 0 Å². The Labute approximate surface area is 127 Å². The molecule has 2 aliphatic rings. The minimum atomic E-state index is 0.204. The molecule has 0 radical (unpaired) electrons. The minimum absolute atomic E-state index is 0.204. The average Bonchev–Trinajstić information content (AvgIpc) is 2.52. The Bertz CT molecular complexity index is 359. The van der Waals surface area contributed by atoms with Gasteiger partial charge in [-0.05, 0) is 38.0 Å². The molecule has 21 heavy (non-hydrogen) atoms. The predicted molar refractivity (Wildman–Crippen MR) is 80.8 cm³/mol. The standard InChI is InChI=1S/C16H28N2O3/c1-21-12-8-14-5-4-10-18(13-14)16(20)7-11-17-9-3-2-6-15(17)19/h14H,2-13H2,1H3/t14-/m0/s1. The molecule has 2 amide bonds. The molecule has 0 saturated carbocycles. The van der Waals surface area contributed by atoms with E-state index in [2.05, 4.69) is 0 Å². The number of likely N-dealkylation sites (tertiary alicyclic amines) is 2. The molecule has 5 nitrogen and oxygen atoms in total. The van der Waals surface area contributed by atoms with Crippen LogP contribution in [0, 0.1) is 5.92 Å². The minimum Gasteiger partial charge on any atom is -0.385 e. The van der Waals surface area contributed by atoms with Gasteiger partial charge in [0, 0.05) is 52.7 Å². The third kappa shape index (κ3) is 4.99. The second-order valence-corrected chi connectivity index (χ2v) is 6.22. The van der Waals surface area contributed by atoms with Crippen LogP contribution in [0.1, 0.15) is 44.9 Å². The Kier molecular flexibility index (Phi) is 6.49. The third-order valence-corrected chi connectivity index (χ3v) is 4.62. The van der Waals surface area contributed by atoms with Crippen molar-refractivity contribution in [1.29, 1.82) is 0 Å². The van der Waals surface area contributed by atoms with Gasteiger partial charge in [0.1, 0.15) is 0 Å². The quantitative estimate of drug-likeness (QED) is 0.749. The molecule has 0 aromatic heterocycles. The molecule has 0 unspecified atom stereocenters. The largest absolute Gasteiger partial charge is 0.385 e. The highest BCUT2D eigenvalue weighted by Crippen LogP contribution is 2.20. The molecule has 0 aromatic carbocycles. The number of amides is 2. The number of methoxy groups -OCH3 is 1. The molecular formula is C16H28N2O3. The maximum absolute atomic E-state index is 12.3. The van der Waals surface area contributed by atoms with Gasteiger partial charge in [-0.2, -0.15) is 0 Å². The van der Waals surface area contributed by atoms with Crippen LogP contribution in [0.2, 0.25) is 0 Å². The molecule has 0 bridgehead atoms. The third-order valence-electron chi connectivity index (χ3n) is 4.62. The van der Waals surface area contributed by atoms with Crippen LogP contribution in [0.25, 0.3) is 0 Å². The highest BCUT2D eigenvalue weighted by molar-refractivity contribution is 5.79. The van der Waals surface area contributed by atoms with Crippen molar-refractivity contribution >= 4 is 11.8 Å². The van der Waals surface area contributed by atoms with Crippen LogP contribution in [0.3, 0.4) is 0 Å². The lowest BCUT2D eigenvalue weighted by Crippen LogP contribution is -2.43. The summed E-state index contributed by atoms with van der Waals surface area (Å²) in [7, 11) is 1.72. The summed E-state index contributed by atoms with van der Waals surface area (Å²) in [6, 6.07) is 0. The van der Waals surface area contributed by atoms with Gasteiger partial charge in [-0.1, -0.05) is 0 Å². The van der Waals surface area contributed by atoms with E-state index in [4.69, 9.17) is 4.74 Å². The lowest BCUT2D eigenvalue weighted by atomic mass is 9.95. The van der Waals surface area contributed by atoms with Crippen molar-refractivity contribution in [2.75, 3.05) is 39.9 Å². The first kappa shape index (κ1) is 16.3. The summed E-state index contributed by atoms with van der Waals surface area (Å²) in [6.45, 7) is 3.92. The first-order valence-corrected chi connectivity index (χ1v) is 8.25. The Morgan fingerprint density at radius 3 is 2.90 bits per heavy atom. The van der Waals surface area contributed by atoms with E-state index in [1.54, 1.807) is 7.11 Å². The smallest absolute Gasteiger partial charge is 0.224 e. The number of hydrogen-bond acceptors (Lipinski definition) is 3. The van der Waals surface area contributed by atoms with Gasteiger partial charge in [0.15, 0.2) is 0 Å². The number of rotatable bonds is 6. The number of ether oxygens (including phenoxy) is 1. The van der Waals surface area contributed by atoms with Gasteiger partial charge >= 0.3 is 0 Å². The molecule has 0 aromatic rings. The first-order chi connectivity index (χ1) is 10.2. The Morgan fingerprint density at radius 2 is 2.14 bits per heavy atom. The van der Waals surface area contributed by atoms with Crippen molar-refractivity contribution in [2.24, 2.45) is 5.92 Å². The number of hydrogen-bond donors (Lipinski definition) is 0. The number of nitrogens with zero attached hydrogens (tertiary/aromatic N) is 2. The maximum Gasteiger partial charge on any atom is 0.224 e. The van der Waals surface area contributed by atoms with Crippen molar-refractivity contribution in [1.82, 2.24) is 9.80 Å². The Morgan fingerprint density at radius 1 is 1.29 bits per heavy atom. The average molecular weight is 296 g/mol. The first-order valence-electron chi connectivity index (χ1n) is 8.25. The zero-order valence-electron chi connectivity index (χ0n) is 13.2. The molecule has 2 rings (SSSR count). The number of carbonyl (C=O) groups is 2. The topological polar surface area (TPSA) is 49.9 Å². The van der Waals surface area contributed by atoms with Gasteiger partial charge < -0.3 is 14.5 Å². The van der Waals surface area contributed by atoms with Crippen LogP contribution in [0.4, 0.5) is 0 Å². The van der Waals surface area contributed by atoms with Crippen molar-refractivity contribution in [3.8, 4) is 0 Å². The molecule has 2 heterocycles. The van der Waals surface area contributed by atoms with E-state index in [1.807, 2.05) is 9.80 Å². The fraction of sp³-hybridized carbons (Fsp3) is 0.875. The molecule has 120 valence electrons. The molecule has 0 N–H and O–H groups in total. The summed E-state index contributed by atoms with van der Waals surface area (Å²) in [5, 5.41) is 0. The van der Waals surface area contributed by atoms with Crippen LogP contribution >= 0.6 is 0 Å². The molecule has 2 aliphatic heterocycles. The normalized spacial score (nSPS) is 23.5. The molecule has 0 spiro atoms. The molecular weight excluding hydrogens is 268 g/mol. The van der Waals surface area contributed by atoms with Gasteiger partial charge in [-0.25, -0.2) is 0 Å². The summed E-state index contributed by atoms with van der Waals surface area (Å²) in [5.74, 6) is 0.987. The zero-order chi connectivity index (χ0) is 15.1. The number of piperidine rings is 2. The van der Waals surface area contributed by atoms with E-state index < -0.39 is 0 Å². The van der Waals surface area contributed by atoms with E-state index in [0.29, 0.717) is 25.3 Å². The van der Waals surface area contributed by atoms with Crippen molar-refractivity contribution in [3.05, 3.63) is 0 Å². The molecule has 1 atom stereocenters. The predicted octanol–water partition coefficient (Wildman–Crippen LogP) is 1.66.